The van der Waals surface area contributed by atoms with Crippen LogP contribution in [-0.2, 0) is 4.79 Å². The van der Waals surface area contributed by atoms with Crippen molar-refractivity contribution in [3.8, 4) is 0 Å². The molecule has 2 aromatic carbocycles. The van der Waals surface area contributed by atoms with E-state index in [2.05, 4.69) is 55.7 Å². The van der Waals surface area contributed by atoms with Gasteiger partial charge in [-0.05, 0) is 56.9 Å². The maximum absolute atomic E-state index is 12.5. The van der Waals surface area contributed by atoms with Gasteiger partial charge in [-0.3, -0.25) is 10.1 Å². The Morgan fingerprint density at radius 2 is 1.25 bits per heavy atom. The van der Waals surface area contributed by atoms with Gasteiger partial charge in [-0.25, -0.2) is 0 Å². The molecule has 0 aromatic heterocycles. The van der Waals surface area contributed by atoms with Crippen LogP contribution < -0.4 is 10.6 Å². The Bertz CT molecular complexity index is 696. The minimum atomic E-state index is -0.258. The minimum Gasteiger partial charge on any atom is -0.348 e. The largest absolute Gasteiger partial charge is 0.348 e. The van der Waals surface area contributed by atoms with Crippen LogP contribution in [0.4, 0.5) is 0 Å². The summed E-state index contributed by atoms with van der Waals surface area (Å²) in [6.07, 6.45) is 0. The van der Waals surface area contributed by atoms with Crippen molar-refractivity contribution in [2.24, 2.45) is 0 Å². The van der Waals surface area contributed by atoms with Gasteiger partial charge in [0, 0.05) is 6.04 Å². The van der Waals surface area contributed by atoms with Crippen molar-refractivity contribution in [2.45, 2.75) is 52.7 Å². The molecule has 2 N–H and O–H groups in total. The molecule has 0 aliphatic rings. The Morgan fingerprint density at radius 1 is 0.792 bits per heavy atom. The lowest BCUT2D eigenvalue weighted by Gasteiger charge is -2.23. The second-order valence-electron chi connectivity index (χ2n) is 6.55. The topological polar surface area (TPSA) is 41.1 Å². The second-order valence-corrected chi connectivity index (χ2v) is 6.55. The first-order chi connectivity index (χ1) is 11.4. The average molecular weight is 324 g/mol. The predicted molar refractivity (Wildman–Crippen MR) is 99.9 cm³/mol. The van der Waals surface area contributed by atoms with Crippen LogP contribution in [0.15, 0.2) is 48.5 Å². The SMILES string of the molecule is Cc1ccccc1C(C)NC(=O)C(C)NC(C)c1ccccc1C. The van der Waals surface area contributed by atoms with Gasteiger partial charge in [0.2, 0.25) is 5.91 Å². The number of nitrogens with one attached hydrogen (secondary N) is 2. The van der Waals surface area contributed by atoms with Crippen molar-refractivity contribution >= 4 is 5.91 Å². The molecule has 24 heavy (non-hydrogen) atoms. The molecule has 0 fully saturated rings. The van der Waals surface area contributed by atoms with Gasteiger partial charge in [-0.15, -0.1) is 0 Å². The molecule has 2 rings (SSSR count). The summed E-state index contributed by atoms with van der Waals surface area (Å²) in [5.41, 5.74) is 4.81. The molecule has 128 valence electrons. The van der Waals surface area contributed by atoms with E-state index in [1.807, 2.05) is 38.1 Å². The third kappa shape index (κ3) is 4.45. The summed E-state index contributed by atoms with van der Waals surface area (Å²) < 4.78 is 0. The molecule has 3 atom stereocenters. The normalized spacial score (nSPS) is 14.7. The summed E-state index contributed by atoms with van der Waals surface area (Å²) in [5.74, 6) is 0.0196. The van der Waals surface area contributed by atoms with E-state index >= 15 is 0 Å². The molecule has 0 bridgehead atoms. The van der Waals surface area contributed by atoms with E-state index in [1.165, 1.54) is 16.7 Å². The summed E-state index contributed by atoms with van der Waals surface area (Å²) in [6.45, 7) is 10.2. The Labute approximate surface area is 145 Å². The van der Waals surface area contributed by atoms with Crippen molar-refractivity contribution in [3.63, 3.8) is 0 Å². The molecular formula is C21H28N2O. The summed E-state index contributed by atoms with van der Waals surface area (Å²) in [5, 5.41) is 6.50. The first-order valence-electron chi connectivity index (χ1n) is 8.57. The van der Waals surface area contributed by atoms with Gasteiger partial charge < -0.3 is 5.32 Å². The zero-order chi connectivity index (χ0) is 17.7. The monoisotopic (exact) mass is 324 g/mol. The standard InChI is InChI=1S/C21H28N2O/c1-14-10-6-8-12-19(14)16(3)22-18(5)21(24)23-17(4)20-13-9-7-11-15(20)2/h6-13,16-18,22H,1-5H3,(H,23,24). The van der Waals surface area contributed by atoms with Gasteiger partial charge in [-0.2, -0.15) is 0 Å². The number of hydrogen-bond donors (Lipinski definition) is 2. The number of rotatable bonds is 6. The zero-order valence-corrected chi connectivity index (χ0v) is 15.3. The Morgan fingerprint density at radius 3 is 1.75 bits per heavy atom. The smallest absolute Gasteiger partial charge is 0.237 e. The van der Waals surface area contributed by atoms with Gasteiger partial charge in [0.05, 0.1) is 12.1 Å². The lowest BCUT2D eigenvalue weighted by molar-refractivity contribution is -0.123. The van der Waals surface area contributed by atoms with E-state index in [0.29, 0.717) is 0 Å². The molecule has 0 radical (unpaired) electrons. The maximum atomic E-state index is 12.5. The molecular weight excluding hydrogens is 296 g/mol. The number of aryl methyl sites for hydroxylation is 2. The highest BCUT2D eigenvalue weighted by Gasteiger charge is 2.19. The van der Waals surface area contributed by atoms with Crippen molar-refractivity contribution in [2.75, 3.05) is 0 Å². The highest BCUT2D eigenvalue weighted by molar-refractivity contribution is 5.81. The maximum Gasteiger partial charge on any atom is 0.237 e. The fourth-order valence-electron chi connectivity index (χ4n) is 3.10. The van der Waals surface area contributed by atoms with Gasteiger partial charge in [0.25, 0.3) is 0 Å². The molecule has 3 heteroatoms. The van der Waals surface area contributed by atoms with Crippen LogP contribution in [0.5, 0.6) is 0 Å². The van der Waals surface area contributed by atoms with Crippen molar-refractivity contribution in [1.82, 2.24) is 10.6 Å². The van der Waals surface area contributed by atoms with Crippen molar-refractivity contribution < 1.29 is 4.79 Å². The lowest BCUT2D eigenvalue weighted by atomic mass is 10.0. The molecule has 0 saturated carbocycles. The van der Waals surface area contributed by atoms with E-state index in [0.717, 1.165) is 5.56 Å². The molecule has 0 aliphatic carbocycles. The molecule has 3 nitrogen and oxygen atoms in total. The number of carbonyl (C=O) groups is 1. The molecule has 0 heterocycles. The van der Waals surface area contributed by atoms with Crippen LogP contribution in [0.3, 0.4) is 0 Å². The zero-order valence-electron chi connectivity index (χ0n) is 15.3. The highest BCUT2D eigenvalue weighted by atomic mass is 16.2. The van der Waals surface area contributed by atoms with Crippen molar-refractivity contribution in [1.29, 1.82) is 0 Å². The van der Waals surface area contributed by atoms with E-state index in [9.17, 15) is 4.79 Å². The third-order valence-electron chi connectivity index (χ3n) is 4.56. The number of carbonyl (C=O) groups excluding carboxylic acids is 1. The van der Waals surface area contributed by atoms with Gasteiger partial charge in [-0.1, -0.05) is 48.5 Å². The third-order valence-corrected chi connectivity index (χ3v) is 4.56. The van der Waals surface area contributed by atoms with E-state index in [4.69, 9.17) is 0 Å². The van der Waals surface area contributed by atoms with Gasteiger partial charge in [0.15, 0.2) is 0 Å². The summed E-state index contributed by atoms with van der Waals surface area (Å²) in [4.78, 5) is 12.5. The van der Waals surface area contributed by atoms with E-state index in [1.54, 1.807) is 0 Å². The highest BCUT2D eigenvalue weighted by Crippen LogP contribution is 2.19. The number of amides is 1. The minimum absolute atomic E-state index is 0.00304. The molecule has 0 spiro atoms. The Balaban J connectivity index is 1.97. The average Bonchev–Trinajstić information content (AvgIpc) is 2.55. The second kappa shape index (κ2) is 8.11. The predicted octanol–water partition coefficient (Wildman–Crippen LogP) is 4.22. The lowest BCUT2D eigenvalue weighted by Crippen LogP contribution is -2.44. The van der Waals surface area contributed by atoms with Crippen LogP contribution in [0, 0.1) is 13.8 Å². The Kier molecular flexibility index (Phi) is 6.16. The van der Waals surface area contributed by atoms with E-state index in [-0.39, 0.29) is 24.0 Å². The summed E-state index contributed by atoms with van der Waals surface area (Å²) in [6, 6.07) is 16.3. The van der Waals surface area contributed by atoms with Gasteiger partial charge >= 0.3 is 0 Å². The fraction of sp³-hybridized carbons (Fsp3) is 0.381. The summed E-state index contributed by atoms with van der Waals surface area (Å²) >= 11 is 0. The molecule has 1 amide bonds. The van der Waals surface area contributed by atoms with Crippen LogP contribution in [0.1, 0.15) is 55.1 Å². The molecule has 2 aromatic rings. The molecule has 0 saturated heterocycles. The number of benzene rings is 2. The quantitative estimate of drug-likeness (QED) is 0.835. The first kappa shape index (κ1) is 18.2. The van der Waals surface area contributed by atoms with Crippen LogP contribution in [0.25, 0.3) is 0 Å². The van der Waals surface area contributed by atoms with Crippen LogP contribution in [0.2, 0.25) is 0 Å². The first-order valence-corrected chi connectivity index (χ1v) is 8.57. The molecule has 0 aliphatic heterocycles. The van der Waals surface area contributed by atoms with Crippen LogP contribution in [-0.4, -0.2) is 11.9 Å². The fourth-order valence-corrected chi connectivity index (χ4v) is 3.10. The number of hydrogen-bond acceptors (Lipinski definition) is 2. The van der Waals surface area contributed by atoms with Crippen LogP contribution >= 0.6 is 0 Å². The Hall–Kier alpha value is -2.13. The van der Waals surface area contributed by atoms with Gasteiger partial charge in [0.1, 0.15) is 0 Å². The molecule has 3 unspecified atom stereocenters. The summed E-state index contributed by atoms with van der Waals surface area (Å²) in [7, 11) is 0. The van der Waals surface area contributed by atoms with Crippen molar-refractivity contribution in [3.05, 3.63) is 70.8 Å². The van der Waals surface area contributed by atoms with E-state index < -0.39 is 0 Å².